The van der Waals surface area contributed by atoms with Crippen LogP contribution < -0.4 is 16.2 Å². The van der Waals surface area contributed by atoms with Gasteiger partial charge in [-0.05, 0) is 51.3 Å². The Labute approximate surface area is 195 Å². The smallest absolute Gasteiger partial charge is 0.262 e. The van der Waals surface area contributed by atoms with Crippen LogP contribution >= 0.6 is 23.1 Å². The number of carbonyl (C=O) groups is 2. The second kappa shape index (κ2) is 10.3. The molecular formula is C23H28N4O3S2. The van der Waals surface area contributed by atoms with Crippen molar-refractivity contribution in [3.05, 3.63) is 55.9 Å². The van der Waals surface area contributed by atoms with Gasteiger partial charge in [-0.15, -0.1) is 23.1 Å². The number of carbonyl (C=O) groups excluding carboxylic acids is 2. The lowest BCUT2D eigenvalue weighted by Crippen LogP contribution is -2.44. The van der Waals surface area contributed by atoms with Crippen molar-refractivity contribution in [2.24, 2.45) is 0 Å². The average Bonchev–Trinajstić information content (AvgIpc) is 3.09. The summed E-state index contributed by atoms with van der Waals surface area (Å²) in [5.74, 6) is 0.466. The maximum atomic E-state index is 12.8. The number of benzene rings is 1. The van der Waals surface area contributed by atoms with Gasteiger partial charge in [0, 0.05) is 11.4 Å². The Morgan fingerprint density at radius 3 is 2.72 bits per heavy atom. The number of fused-ring (bicyclic) bond motifs is 1. The van der Waals surface area contributed by atoms with Crippen LogP contribution in [0, 0.1) is 20.8 Å². The molecule has 0 spiro atoms. The van der Waals surface area contributed by atoms with Crippen LogP contribution in [0.5, 0.6) is 0 Å². The first-order chi connectivity index (χ1) is 15.2. The number of amides is 2. The molecule has 2 amide bonds. The summed E-state index contributed by atoms with van der Waals surface area (Å²) < 4.78 is 0. The summed E-state index contributed by atoms with van der Waals surface area (Å²) in [4.78, 5) is 47.1. The van der Waals surface area contributed by atoms with Crippen molar-refractivity contribution in [3.8, 4) is 0 Å². The van der Waals surface area contributed by atoms with E-state index in [4.69, 9.17) is 0 Å². The number of thiophene rings is 1. The number of nitrogens with zero attached hydrogens (tertiary/aromatic N) is 1. The Morgan fingerprint density at radius 1 is 1.25 bits per heavy atom. The summed E-state index contributed by atoms with van der Waals surface area (Å²) in [6.07, 6.45) is 0.820. The third kappa shape index (κ3) is 5.39. The molecule has 1 aromatic carbocycles. The molecule has 0 aliphatic heterocycles. The number of H-pyrrole nitrogens is 1. The highest BCUT2D eigenvalue weighted by Gasteiger charge is 2.22. The fraction of sp³-hybridized carbons (Fsp3) is 0.391. The molecule has 0 bridgehead atoms. The van der Waals surface area contributed by atoms with Crippen LogP contribution in [0.3, 0.4) is 0 Å². The first-order valence-electron chi connectivity index (χ1n) is 10.5. The first-order valence-corrected chi connectivity index (χ1v) is 12.3. The number of thioether (sulfide) groups is 1. The molecule has 0 aliphatic carbocycles. The molecule has 9 heteroatoms. The van der Waals surface area contributed by atoms with E-state index in [0.717, 1.165) is 11.3 Å². The summed E-state index contributed by atoms with van der Waals surface area (Å²) >= 11 is 2.79. The Morgan fingerprint density at radius 2 is 2.00 bits per heavy atom. The predicted octanol–water partition coefficient (Wildman–Crippen LogP) is 3.85. The normalized spacial score (nSPS) is 12.0. The summed E-state index contributed by atoms with van der Waals surface area (Å²) in [7, 11) is 0. The second-order valence-electron chi connectivity index (χ2n) is 7.79. The van der Waals surface area contributed by atoms with Crippen LogP contribution in [0.25, 0.3) is 10.2 Å². The van der Waals surface area contributed by atoms with Crippen LogP contribution in [0.2, 0.25) is 0 Å². The number of aromatic nitrogens is 2. The van der Waals surface area contributed by atoms with E-state index >= 15 is 0 Å². The van der Waals surface area contributed by atoms with Gasteiger partial charge in [0.05, 0.1) is 16.0 Å². The molecule has 3 aromatic rings. The zero-order valence-corrected chi connectivity index (χ0v) is 20.6. The molecule has 2 heterocycles. The predicted molar refractivity (Wildman–Crippen MR) is 131 cm³/mol. The third-order valence-electron chi connectivity index (χ3n) is 5.05. The van der Waals surface area contributed by atoms with Gasteiger partial charge in [0.2, 0.25) is 5.91 Å². The molecule has 0 aliphatic rings. The fourth-order valence-corrected chi connectivity index (χ4v) is 5.31. The van der Waals surface area contributed by atoms with Crippen molar-refractivity contribution in [1.29, 1.82) is 0 Å². The molecule has 0 fully saturated rings. The van der Waals surface area contributed by atoms with E-state index < -0.39 is 6.04 Å². The molecule has 32 heavy (non-hydrogen) atoms. The highest BCUT2D eigenvalue weighted by atomic mass is 32.2. The topological polar surface area (TPSA) is 104 Å². The van der Waals surface area contributed by atoms with Crippen molar-refractivity contribution in [2.45, 2.75) is 57.7 Å². The maximum absolute atomic E-state index is 12.8. The lowest BCUT2D eigenvalue weighted by Gasteiger charge is -2.13. The van der Waals surface area contributed by atoms with Gasteiger partial charge in [-0.2, -0.15) is 0 Å². The van der Waals surface area contributed by atoms with Crippen molar-refractivity contribution in [1.82, 2.24) is 20.6 Å². The van der Waals surface area contributed by atoms with E-state index in [1.807, 2.05) is 13.8 Å². The quantitative estimate of drug-likeness (QED) is 0.432. The molecule has 0 unspecified atom stereocenters. The van der Waals surface area contributed by atoms with Gasteiger partial charge in [-0.1, -0.05) is 24.6 Å². The van der Waals surface area contributed by atoms with Crippen LogP contribution in [0.4, 0.5) is 0 Å². The van der Waals surface area contributed by atoms with Gasteiger partial charge in [-0.3, -0.25) is 14.4 Å². The lowest BCUT2D eigenvalue weighted by molar-refractivity contribution is -0.122. The van der Waals surface area contributed by atoms with E-state index in [9.17, 15) is 14.4 Å². The highest BCUT2D eigenvalue weighted by molar-refractivity contribution is 7.98. The maximum Gasteiger partial charge on any atom is 0.262 e. The van der Waals surface area contributed by atoms with Gasteiger partial charge in [0.15, 0.2) is 0 Å². The lowest BCUT2D eigenvalue weighted by atomic mass is 10.2. The molecule has 0 saturated carbocycles. The zero-order chi connectivity index (χ0) is 23.4. The molecule has 2 aromatic heterocycles. The Balaban J connectivity index is 1.81. The second-order valence-corrected chi connectivity index (χ2v) is 9.81. The van der Waals surface area contributed by atoms with Crippen molar-refractivity contribution >= 4 is 45.1 Å². The van der Waals surface area contributed by atoms with Gasteiger partial charge >= 0.3 is 0 Å². The number of rotatable bonds is 8. The van der Waals surface area contributed by atoms with Gasteiger partial charge in [-0.25, -0.2) is 4.98 Å². The zero-order valence-electron chi connectivity index (χ0n) is 18.9. The van der Waals surface area contributed by atoms with Gasteiger partial charge in [0.25, 0.3) is 11.5 Å². The van der Waals surface area contributed by atoms with E-state index in [-0.39, 0.29) is 17.4 Å². The largest absolute Gasteiger partial charge is 0.354 e. The number of aromatic amines is 1. The fourth-order valence-electron chi connectivity index (χ4n) is 3.21. The van der Waals surface area contributed by atoms with Gasteiger partial charge in [0.1, 0.15) is 16.7 Å². The number of nitrogens with one attached hydrogen (secondary N) is 3. The minimum atomic E-state index is -0.672. The monoisotopic (exact) mass is 472 g/mol. The summed E-state index contributed by atoms with van der Waals surface area (Å²) in [6.45, 7) is 9.99. The summed E-state index contributed by atoms with van der Waals surface area (Å²) in [5.41, 5.74) is 2.67. The molecular weight excluding hydrogens is 444 g/mol. The molecule has 3 rings (SSSR count). The first kappa shape index (κ1) is 24.0. The average molecular weight is 473 g/mol. The minimum Gasteiger partial charge on any atom is -0.354 e. The van der Waals surface area contributed by atoms with Crippen LogP contribution in [0.15, 0.2) is 27.9 Å². The number of hydrogen-bond donors (Lipinski definition) is 3. The van der Waals surface area contributed by atoms with E-state index in [1.165, 1.54) is 22.5 Å². The summed E-state index contributed by atoms with van der Waals surface area (Å²) in [5, 5.41) is 5.90. The van der Waals surface area contributed by atoms with E-state index in [1.54, 1.807) is 25.6 Å². The summed E-state index contributed by atoms with van der Waals surface area (Å²) in [6, 6.07) is 5.59. The van der Waals surface area contributed by atoms with Crippen molar-refractivity contribution < 1.29 is 9.59 Å². The Kier molecular flexibility index (Phi) is 7.73. The van der Waals surface area contributed by atoms with Crippen LogP contribution in [-0.4, -0.2) is 34.4 Å². The van der Waals surface area contributed by atoms with Gasteiger partial charge < -0.3 is 15.6 Å². The molecule has 3 N–H and O–H groups in total. The Hall–Kier alpha value is -2.65. The SMILES string of the molecule is CCCNC(=O)[C@@H](C)NC(=O)c1sc2nc(CSc3cc(C)ccc3C)[nH]c(=O)c2c1C. The van der Waals surface area contributed by atoms with Crippen molar-refractivity contribution in [2.75, 3.05) is 6.54 Å². The minimum absolute atomic E-state index is 0.235. The molecule has 0 saturated heterocycles. The Bertz CT molecular complexity index is 1220. The molecule has 1 atom stereocenters. The third-order valence-corrected chi connectivity index (χ3v) is 7.41. The van der Waals surface area contributed by atoms with E-state index in [2.05, 4.69) is 45.7 Å². The number of hydrogen-bond acceptors (Lipinski definition) is 6. The standard InChI is InChI=1S/C23H28N4O3S2/c1-6-9-24-20(28)15(5)25-22(30)19-14(4)18-21(29)26-17(27-23(18)32-19)11-31-16-10-12(2)7-8-13(16)3/h7-8,10,15H,6,9,11H2,1-5H3,(H,24,28)(H,25,30)(H,26,27,29)/t15-/m1/s1. The van der Waals surface area contributed by atoms with Crippen molar-refractivity contribution in [3.63, 3.8) is 0 Å². The highest BCUT2D eigenvalue weighted by Crippen LogP contribution is 2.29. The molecule has 0 radical (unpaired) electrons. The molecule has 170 valence electrons. The van der Waals surface area contributed by atoms with E-state index in [0.29, 0.717) is 38.8 Å². The number of aryl methyl sites for hydroxylation is 3. The van der Waals surface area contributed by atoms with Crippen LogP contribution in [-0.2, 0) is 10.5 Å². The van der Waals surface area contributed by atoms with Crippen LogP contribution in [0.1, 0.15) is 52.5 Å². The molecule has 7 nitrogen and oxygen atoms in total.